The Hall–Kier alpha value is -0.900. The summed E-state index contributed by atoms with van der Waals surface area (Å²) in [4.78, 5) is 0. The Morgan fingerprint density at radius 3 is 1.94 bits per heavy atom. The first-order chi connectivity index (χ1) is 24.3. The molecule has 300 valence electrons. The third-order valence-corrected chi connectivity index (χ3v) is 10.2. The first kappa shape index (κ1) is 44.5. The summed E-state index contributed by atoms with van der Waals surface area (Å²) in [5, 5.41) is 86.6. The summed E-state index contributed by atoms with van der Waals surface area (Å²) in [6, 6.07) is 0. The predicted molar refractivity (Wildman–Crippen MR) is 180 cm³/mol. The fourth-order valence-electron chi connectivity index (χ4n) is 6.88. The van der Waals surface area contributed by atoms with Crippen LogP contribution in [0.15, 0.2) is 12.7 Å². The number of aliphatic hydroxyl groups is 8. The normalized spacial score (nSPS) is 40.8. The maximum absolute atomic E-state index is 11.7. The van der Waals surface area contributed by atoms with Crippen LogP contribution in [0.1, 0.15) is 72.6 Å². The Morgan fingerprint density at radius 1 is 0.725 bits per heavy atom. The highest BCUT2D eigenvalue weighted by atomic mass is 16.8. The zero-order chi connectivity index (χ0) is 37.9. The molecule has 0 saturated carbocycles. The topological polar surface area (TPSA) is 236 Å². The zero-order valence-corrected chi connectivity index (χ0v) is 30.6. The van der Waals surface area contributed by atoms with Gasteiger partial charge in [0, 0.05) is 13.7 Å². The van der Waals surface area contributed by atoms with Crippen LogP contribution < -0.4 is 0 Å². The first-order valence-electron chi connectivity index (χ1n) is 18.3. The number of hydrogen-bond donors (Lipinski definition) is 8. The van der Waals surface area contributed by atoms with Gasteiger partial charge < -0.3 is 78.7 Å². The van der Waals surface area contributed by atoms with Crippen molar-refractivity contribution in [2.45, 2.75) is 176 Å². The highest BCUT2D eigenvalue weighted by Crippen LogP contribution is 2.37. The van der Waals surface area contributed by atoms with Crippen molar-refractivity contribution < 1.29 is 78.7 Å². The van der Waals surface area contributed by atoms with Crippen molar-refractivity contribution in [1.82, 2.24) is 0 Å². The number of rotatable bonds is 21. The molecule has 8 N–H and O–H groups in total. The molecule has 0 radical (unpaired) electrons. The average molecular weight is 741 g/mol. The van der Waals surface area contributed by atoms with Gasteiger partial charge in [0.25, 0.3) is 0 Å². The van der Waals surface area contributed by atoms with Gasteiger partial charge in [0.1, 0.15) is 79.4 Å². The molecule has 0 aromatic rings. The Bertz CT molecular complexity index is 993. The van der Waals surface area contributed by atoms with Crippen molar-refractivity contribution in [2.24, 2.45) is 0 Å². The standard InChI is InChI=1S/C35H64O16/c1-7-10-12-13-15-45-35(5,9-3)32-26(42)29(24(40)21(17-37)47-32)50-33-27(43)30(28(44-6)22(18-38)49-33)51-34-31(46-19(4)14-11-8-2)25(41)23(39)20(16-36)48-34/h7,19-34,36-43H,1,8-18H2,2-6H3/t19?,20?,21?,22?,23-,24-,25?,26?,27?,28-,29?,30?,31?,32+,33-,34-,35?/m1/s1. The number of methoxy groups -OCH3 is 1. The predicted octanol–water partition coefficient (Wildman–Crippen LogP) is -0.724. The summed E-state index contributed by atoms with van der Waals surface area (Å²) in [6.07, 6.45) is -14.3. The summed E-state index contributed by atoms with van der Waals surface area (Å²) >= 11 is 0. The molecule has 3 saturated heterocycles. The second kappa shape index (κ2) is 21.3. The van der Waals surface area contributed by atoms with E-state index in [1.807, 2.05) is 19.9 Å². The van der Waals surface area contributed by atoms with Crippen LogP contribution in [0.5, 0.6) is 0 Å². The minimum absolute atomic E-state index is 0.358. The fraction of sp³-hybridized carbons (Fsp3) is 0.943. The lowest BCUT2D eigenvalue weighted by molar-refractivity contribution is -0.381. The van der Waals surface area contributed by atoms with Gasteiger partial charge in [-0.1, -0.05) is 32.8 Å². The largest absolute Gasteiger partial charge is 0.394 e. The van der Waals surface area contributed by atoms with Crippen LogP contribution in [-0.4, -0.2) is 178 Å². The number of aliphatic hydroxyl groups excluding tert-OH is 8. The van der Waals surface area contributed by atoms with Crippen molar-refractivity contribution in [3.05, 3.63) is 12.7 Å². The lowest BCUT2D eigenvalue weighted by Gasteiger charge is -2.51. The van der Waals surface area contributed by atoms with E-state index in [0.717, 1.165) is 32.1 Å². The van der Waals surface area contributed by atoms with Gasteiger partial charge in [-0.3, -0.25) is 0 Å². The van der Waals surface area contributed by atoms with E-state index in [1.165, 1.54) is 7.11 Å². The minimum atomic E-state index is -1.72. The molecule has 17 atom stereocenters. The summed E-state index contributed by atoms with van der Waals surface area (Å²) in [5.41, 5.74) is -1.06. The van der Waals surface area contributed by atoms with Crippen molar-refractivity contribution in [3.8, 4) is 0 Å². The molecule has 3 aliphatic heterocycles. The third kappa shape index (κ3) is 10.9. The van der Waals surface area contributed by atoms with Gasteiger partial charge in [-0.25, -0.2) is 0 Å². The molecular formula is C35H64O16. The highest BCUT2D eigenvalue weighted by Gasteiger charge is 2.56. The Kier molecular flexibility index (Phi) is 18.5. The molecule has 3 heterocycles. The molecule has 11 unspecified atom stereocenters. The Balaban J connectivity index is 1.89. The average Bonchev–Trinajstić information content (AvgIpc) is 3.12. The van der Waals surface area contributed by atoms with Crippen LogP contribution in [0.4, 0.5) is 0 Å². The van der Waals surface area contributed by atoms with Crippen LogP contribution in [0, 0.1) is 0 Å². The summed E-state index contributed by atoms with van der Waals surface area (Å²) in [6.45, 7) is 9.61. The summed E-state index contributed by atoms with van der Waals surface area (Å²) in [7, 11) is 1.31. The monoisotopic (exact) mass is 740 g/mol. The minimum Gasteiger partial charge on any atom is -0.394 e. The van der Waals surface area contributed by atoms with Gasteiger partial charge in [-0.2, -0.15) is 0 Å². The van der Waals surface area contributed by atoms with E-state index < -0.39 is 117 Å². The van der Waals surface area contributed by atoms with Gasteiger partial charge >= 0.3 is 0 Å². The van der Waals surface area contributed by atoms with Gasteiger partial charge in [0.05, 0.1) is 31.5 Å². The second-order valence-corrected chi connectivity index (χ2v) is 13.9. The van der Waals surface area contributed by atoms with Crippen molar-refractivity contribution >= 4 is 0 Å². The van der Waals surface area contributed by atoms with Gasteiger partial charge in [0.2, 0.25) is 0 Å². The van der Waals surface area contributed by atoms with Gasteiger partial charge in [0.15, 0.2) is 12.6 Å². The van der Waals surface area contributed by atoms with Crippen molar-refractivity contribution in [2.75, 3.05) is 33.5 Å². The maximum Gasteiger partial charge on any atom is 0.187 e. The molecule has 0 aromatic carbocycles. The Labute approximate surface area is 301 Å². The second-order valence-electron chi connectivity index (χ2n) is 13.9. The molecule has 3 fully saturated rings. The van der Waals surface area contributed by atoms with Crippen LogP contribution >= 0.6 is 0 Å². The molecule has 0 amide bonds. The highest BCUT2D eigenvalue weighted by molar-refractivity contribution is 5.02. The van der Waals surface area contributed by atoms with E-state index in [9.17, 15) is 40.9 Å². The van der Waals surface area contributed by atoms with Gasteiger partial charge in [-0.15, -0.1) is 6.58 Å². The van der Waals surface area contributed by atoms with Crippen LogP contribution in [0.3, 0.4) is 0 Å². The quantitative estimate of drug-likeness (QED) is 0.0535. The molecule has 3 aliphatic rings. The van der Waals surface area contributed by atoms with Crippen molar-refractivity contribution in [3.63, 3.8) is 0 Å². The van der Waals surface area contributed by atoms with Crippen LogP contribution in [0.25, 0.3) is 0 Å². The SMILES string of the molecule is C=CCCCCOC(C)(CC)[C@H]1OC(CO)[C@@H](O)C(O[C@H]2OC(CO)[C@@H](OC)C(O[C@H]3OC(CO)[C@@H](O)C(O)C3OC(C)CCCC)C2O)C1O. The van der Waals surface area contributed by atoms with E-state index in [0.29, 0.717) is 19.4 Å². The third-order valence-electron chi connectivity index (χ3n) is 10.2. The van der Waals surface area contributed by atoms with Crippen LogP contribution in [-0.2, 0) is 37.9 Å². The van der Waals surface area contributed by atoms with Crippen molar-refractivity contribution in [1.29, 1.82) is 0 Å². The number of allylic oxidation sites excluding steroid dienone is 1. The number of unbranched alkanes of at least 4 members (excludes halogenated alkanes) is 3. The summed E-state index contributed by atoms with van der Waals surface area (Å²) in [5.74, 6) is 0. The molecule has 0 spiro atoms. The molecule has 51 heavy (non-hydrogen) atoms. The lowest BCUT2D eigenvalue weighted by atomic mass is 9.84. The molecule has 0 bridgehead atoms. The van der Waals surface area contributed by atoms with Crippen LogP contribution in [0.2, 0.25) is 0 Å². The fourth-order valence-corrected chi connectivity index (χ4v) is 6.88. The maximum atomic E-state index is 11.7. The molecule has 16 nitrogen and oxygen atoms in total. The molecule has 3 rings (SSSR count). The zero-order valence-electron chi connectivity index (χ0n) is 30.6. The molecule has 16 heteroatoms. The van der Waals surface area contributed by atoms with E-state index in [4.69, 9.17) is 37.9 Å². The summed E-state index contributed by atoms with van der Waals surface area (Å²) < 4.78 is 48.0. The number of ether oxygens (including phenoxy) is 8. The van der Waals surface area contributed by atoms with Gasteiger partial charge in [-0.05, 0) is 46.0 Å². The lowest BCUT2D eigenvalue weighted by Crippen LogP contribution is -2.69. The molecule has 0 aliphatic carbocycles. The molecular weight excluding hydrogens is 676 g/mol. The van der Waals surface area contributed by atoms with E-state index >= 15 is 0 Å². The van der Waals surface area contributed by atoms with E-state index in [1.54, 1.807) is 13.8 Å². The molecule has 0 aromatic heterocycles. The van der Waals surface area contributed by atoms with E-state index in [-0.39, 0.29) is 6.10 Å². The smallest absolute Gasteiger partial charge is 0.187 e. The van der Waals surface area contributed by atoms with E-state index in [2.05, 4.69) is 6.58 Å². The first-order valence-corrected chi connectivity index (χ1v) is 18.3. The number of hydrogen-bond acceptors (Lipinski definition) is 16. The Morgan fingerprint density at radius 2 is 1.35 bits per heavy atom.